The normalized spacial score (nSPS) is 20.5. The van der Waals surface area contributed by atoms with Crippen LogP contribution in [-0.2, 0) is 33.4 Å². The number of nitrogens with one attached hydrogen (secondary N) is 4. The van der Waals surface area contributed by atoms with Crippen LogP contribution in [0.25, 0.3) is 0 Å². The molecule has 15 nitrogen and oxygen atoms in total. The van der Waals surface area contributed by atoms with Crippen LogP contribution in [-0.4, -0.2) is 114 Å². The quantitative estimate of drug-likeness (QED) is 0.0436. The number of carbonyl (C=O) groups is 5. The van der Waals surface area contributed by atoms with Crippen LogP contribution < -0.4 is 21.3 Å². The number of amides is 4. The molecule has 0 saturated carbocycles. The maximum Gasteiger partial charge on any atom is 0.325 e. The fraction of sp³-hybridized carbons (Fsp3) is 0.848. The second-order valence-corrected chi connectivity index (χ2v) is 12.4. The van der Waals surface area contributed by atoms with Crippen molar-refractivity contribution in [3.63, 3.8) is 0 Å². The molecular weight excluding hydrogens is 628 g/mol. The van der Waals surface area contributed by atoms with Crippen LogP contribution in [0.3, 0.4) is 0 Å². The summed E-state index contributed by atoms with van der Waals surface area (Å²) < 4.78 is 9.70. The van der Waals surface area contributed by atoms with Crippen molar-refractivity contribution in [2.75, 3.05) is 33.4 Å². The molecule has 0 bridgehead atoms. The van der Waals surface area contributed by atoms with Gasteiger partial charge < -0.3 is 51.2 Å². The third kappa shape index (κ3) is 20.5. The number of methoxy groups -OCH3 is 1. The lowest BCUT2D eigenvalue weighted by Gasteiger charge is -2.40. The van der Waals surface area contributed by atoms with Gasteiger partial charge in [-0.1, -0.05) is 89.9 Å². The molecule has 0 aromatic rings. The molecule has 8 N–H and O–H groups in total. The molecule has 0 aromatic carbocycles. The van der Waals surface area contributed by atoms with Crippen LogP contribution in [0, 0.1) is 0 Å². The Bertz CT molecular complexity index is 937. The highest BCUT2D eigenvalue weighted by Crippen LogP contribution is 2.20. The van der Waals surface area contributed by atoms with Gasteiger partial charge in [-0.15, -0.1) is 0 Å². The Balaban J connectivity index is 1.85. The van der Waals surface area contributed by atoms with E-state index in [1.54, 1.807) is 0 Å². The summed E-state index contributed by atoms with van der Waals surface area (Å²) in [4.78, 5) is 58.3. The van der Waals surface area contributed by atoms with E-state index < -0.39 is 55.0 Å². The number of aliphatic hydroxyl groups is 4. The first-order chi connectivity index (χ1) is 23.1. The van der Waals surface area contributed by atoms with Gasteiger partial charge in [-0.25, -0.2) is 0 Å². The van der Waals surface area contributed by atoms with Crippen molar-refractivity contribution >= 4 is 29.6 Å². The molecule has 0 aliphatic carbocycles. The van der Waals surface area contributed by atoms with Gasteiger partial charge in [0.05, 0.1) is 26.8 Å². The van der Waals surface area contributed by atoms with Crippen LogP contribution in [0.15, 0.2) is 0 Å². The topological polar surface area (TPSA) is 233 Å². The third-order valence-corrected chi connectivity index (χ3v) is 8.30. The summed E-state index contributed by atoms with van der Waals surface area (Å²) in [6.07, 6.45) is 11.6. The molecule has 1 fully saturated rings. The highest BCUT2D eigenvalue weighted by molar-refractivity contribution is 5.89. The minimum atomic E-state index is -1.51. The first kappa shape index (κ1) is 43.2. The molecule has 1 saturated heterocycles. The van der Waals surface area contributed by atoms with E-state index in [1.165, 1.54) is 58.5 Å². The smallest absolute Gasteiger partial charge is 0.325 e. The summed E-state index contributed by atoms with van der Waals surface area (Å²) in [6, 6.07) is 0. The summed E-state index contributed by atoms with van der Waals surface area (Å²) in [5, 5.41) is 48.6. The standard InChI is InChI=1S/C33H60N4O11/c1-47-29(43)22-36-28(42)21-35-27(41)20-34-25(39)18-16-14-12-10-8-6-4-2-3-5-7-9-11-13-15-17-19-26(40)37-33-32(46)31(45)30(44)24(23-38)48-33/h24,30-33,38,44-46H,2-23H2,1H3,(H,34,39)(H,35,41)(H,36,42)(H,37,40)/t24-,30-,31+,32-,33-/m1/s1. The van der Waals surface area contributed by atoms with Crippen LogP contribution >= 0.6 is 0 Å². The molecule has 4 amide bonds. The maximum atomic E-state index is 12.2. The second kappa shape index (κ2) is 27.0. The average molecular weight is 689 g/mol. The first-order valence-electron chi connectivity index (χ1n) is 17.6. The van der Waals surface area contributed by atoms with Crippen molar-refractivity contribution in [3.05, 3.63) is 0 Å². The van der Waals surface area contributed by atoms with E-state index in [1.807, 2.05) is 0 Å². The molecule has 0 radical (unpaired) electrons. The van der Waals surface area contributed by atoms with Gasteiger partial charge in [0.15, 0.2) is 6.23 Å². The summed E-state index contributed by atoms with van der Waals surface area (Å²) in [7, 11) is 1.21. The van der Waals surface area contributed by atoms with Crippen molar-refractivity contribution in [3.8, 4) is 0 Å². The molecular formula is C33H60N4O11. The Morgan fingerprint density at radius 2 is 0.938 bits per heavy atom. The number of hydrogen-bond donors (Lipinski definition) is 8. The number of carbonyl (C=O) groups excluding carboxylic acids is 5. The molecule has 0 unspecified atom stereocenters. The fourth-order valence-corrected chi connectivity index (χ4v) is 5.31. The highest BCUT2D eigenvalue weighted by atomic mass is 16.6. The molecule has 1 aliphatic heterocycles. The Labute approximate surface area is 284 Å². The van der Waals surface area contributed by atoms with Crippen molar-refractivity contribution < 1.29 is 53.9 Å². The van der Waals surface area contributed by atoms with Crippen molar-refractivity contribution in [2.24, 2.45) is 0 Å². The number of unbranched alkanes of at least 4 members (excludes halogenated alkanes) is 15. The van der Waals surface area contributed by atoms with E-state index in [9.17, 15) is 44.4 Å². The van der Waals surface area contributed by atoms with Crippen molar-refractivity contribution in [2.45, 2.75) is 146 Å². The molecule has 1 aliphatic rings. The average Bonchev–Trinajstić information content (AvgIpc) is 3.08. The van der Waals surface area contributed by atoms with Crippen LogP contribution in [0.4, 0.5) is 0 Å². The van der Waals surface area contributed by atoms with Gasteiger partial charge in [0, 0.05) is 12.8 Å². The molecule has 48 heavy (non-hydrogen) atoms. The lowest BCUT2D eigenvalue weighted by Crippen LogP contribution is -2.63. The number of esters is 1. The number of rotatable bonds is 27. The Hall–Kier alpha value is -2.85. The van der Waals surface area contributed by atoms with Crippen LogP contribution in [0.5, 0.6) is 0 Å². The zero-order valence-electron chi connectivity index (χ0n) is 28.6. The molecule has 5 atom stereocenters. The fourth-order valence-electron chi connectivity index (χ4n) is 5.31. The summed E-state index contributed by atoms with van der Waals surface area (Å²) >= 11 is 0. The molecule has 15 heteroatoms. The predicted octanol–water partition coefficient (Wildman–Crippen LogP) is 0.446. The monoisotopic (exact) mass is 688 g/mol. The van der Waals surface area contributed by atoms with Gasteiger partial charge in [0.2, 0.25) is 23.6 Å². The zero-order valence-corrected chi connectivity index (χ0v) is 28.6. The SMILES string of the molecule is COC(=O)CNC(=O)CNC(=O)CNC(=O)CCCCCCCCCCCCCCCCCCC(=O)N[C@@H]1O[C@H](CO)[C@@H](O)[C@H](O)[C@H]1O. The van der Waals surface area contributed by atoms with Gasteiger partial charge in [0.1, 0.15) is 31.0 Å². The van der Waals surface area contributed by atoms with Gasteiger partial charge in [0.25, 0.3) is 0 Å². The van der Waals surface area contributed by atoms with E-state index in [0.29, 0.717) is 12.8 Å². The van der Waals surface area contributed by atoms with Gasteiger partial charge in [-0.3, -0.25) is 24.0 Å². The number of ether oxygens (including phenoxy) is 2. The second-order valence-electron chi connectivity index (χ2n) is 12.4. The Morgan fingerprint density at radius 1 is 0.542 bits per heavy atom. The third-order valence-electron chi connectivity index (χ3n) is 8.30. The summed E-state index contributed by atoms with van der Waals surface area (Å²) in [5.74, 6) is -2.10. The van der Waals surface area contributed by atoms with E-state index in [0.717, 1.165) is 44.9 Å². The van der Waals surface area contributed by atoms with Gasteiger partial charge >= 0.3 is 5.97 Å². The lowest BCUT2D eigenvalue weighted by atomic mass is 9.98. The number of aliphatic hydroxyl groups excluding tert-OH is 4. The number of hydrogen-bond acceptors (Lipinski definition) is 11. The van der Waals surface area contributed by atoms with Gasteiger partial charge in [-0.2, -0.15) is 0 Å². The molecule has 1 heterocycles. The Kier molecular flexibility index (Phi) is 24.3. The largest absolute Gasteiger partial charge is 0.468 e. The molecule has 0 aromatic heterocycles. The van der Waals surface area contributed by atoms with Crippen LogP contribution in [0.1, 0.15) is 116 Å². The highest BCUT2D eigenvalue weighted by Gasteiger charge is 2.43. The minimum Gasteiger partial charge on any atom is -0.468 e. The summed E-state index contributed by atoms with van der Waals surface area (Å²) in [6.45, 7) is -1.30. The maximum absolute atomic E-state index is 12.2. The first-order valence-corrected chi connectivity index (χ1v) is 17.6. The minimum absolute atomic E-state index is 0.197. The van der Waals surface area contributed by atoms with Crippen molar-refractivity contribution in [1.82, 2.24) is 21.3 Å². The Morgan fingerprint density at radius 3 is 1.38 bits per heavy atom. The van der Waals surface area contributed by atoms with Crippen molar-refractivity contribution in [1.29, 1.82) is 0 Å². The van der Waals surface area contributed by atoms with E-state index >= 15 is 0 Å². The molecule has 278 valence electrons. The van der Waals surface area contributed by atoms with Gasteiger partial charge in [-0.05, 0) is 12.8 Å². The summed E-state index contributed by atoms with van der Waals surface area (Å²) in [5.41, 5.74) is 0. The zero-order chi connectivity index (χ0) is 35.6. The molecule has 1 rings (SSSR count). The van der Waals surface area contributed by atoms with E-state index in [-0.39, 0.29) is 37.9 Å². The lowest BCUT2D eigenvalue weighted by molar-refractivity contribution is -0.236. The predicted molar refractivity (Wildman–Crippen MR) is 176 cm³/mol. The van der Waals surface area contributed by atoms with E-state index in [2.05, 4.69) is 26.0 Å². The van der Waals surface area contributed by atoms with E-state index in [4.69, 9.17) is 4.74 Å². The molecule has 0 spiro atoms. The van der Waals surface area contributed by atoms with Crippen LogP contribution in [0.2, 0.25) is 0 Å².